The van der Waals surface area contributed by atoms with Crippen molar-refractivity contribution in [1.29, 1.82) is 0 Å². The van der Waals surface area contributed by atoms with E-state index in [2.05, 4.69) is 0 Å². The molecule has 1 aliphatic heterocycles. The average molecular weight is 478 g/mol. The van der Waals surface area contributed by atoms with Gasteiger partial charge in [-0.3, -0.25) is 4.79 Å². The fourth-order valence-corrected chi connectivity index (χ4v) is 3.57. The second kappa shape index (κ2) is 7.96. The number of hydrogen-bond donors (Lipinski definition) is 0. The van der Waals surface area contributed by atoms with Crippen LogP contribution in [0.5, 0.6) is 0 Å². The number of cyclic esters (lactones) is 2. The monoisotopic (exact) mass is 476 g/mol. The Morgan fingerprint density at radius 1 is 0.871 bits per heavy atom. The highest BCUT2D eigenvalue weighted by atomic mass is 35.6. The normalized spacial score (nSPS) is 13.1. The fraction of sp³-hybridized carbons (Fsp3) is 0.0909. The topological polar surface area (TPSA) is 86.7 Å². The highest BCUT2D eigenvalue weighted by Gasteiger charge is 2.31. The summed E-state index contributed by atoms with van der Waals surface area (Å²) in [4.78, 5) is 48.4. The van der Waals surface area contributed by atoms with Gasteiger partial charge in [0.2, 0.25) is 3.79 Å². The van der Waals surface area contributed by atoms with Crippen molar-refractivity contribution in [2.45, 2.75) is 3.79 Å². The third kappa shape index (κ3) is 4.02. The van der Waals surface area contributed by atoms with E-state index in [-0.39, 0.29) is 22.1 Å². The number of benzene rings is 3. The van der Waals surface area contributed by atoms with Crippen molar-refractivity contribution in [3.05, 3.63) is 70.8 Å². The summed E-state index contributed by atoms with van der Waals surface area (Å²) < 4.78 is 8.11. The number of ether oxygens (including phenoxy) is 2. The van der Waals surface area contributed by atoms with E-state index in [1.165, 1.54) is 18.2 Å². The SMILES string of the molecule is O=Cc1ccc(-c2ccc3c4c(ccc(C(=O)OCC(Cl)(Cl)Cl)c24)C(=O)OC3=O)cc1. The van der Waals surface area contributed by atoms with Gasteiger partial charge in [-0.2, -0.15) is 0 Å². The molecule has 0 atom stereocenters. The van der Waals surface area contributed by atoms with E-state index in [0.29, 0.717) is 28.4 Å². The van der Waals surface area contributed by atoms with Crippen LogP contribution >= 0.6 is 34.8 Å². The molecular weight excluding hydrogens is 467 g/mol. The van der Waals surface area contributed by atoms with Gasteiger partial charge in [0.05, 0.1) is 16.7 Å². The van der Waals surface area contributed by atoms with Crippen LogP contribution in [-0.4, -0.2) is 34.6 Å². The Morgan fingerprint density at radius 3 is 2.03 bits per heavy atom. The van der Waals surface area contributed by atoms with Crippen LogP contribution in [0.2, 0.25) is 0 Å². The molecule has 0 bridgehead atoms. The molecule has 0 aromatic heterocycles. The molecule has 0 fully saturated rings. The molecule has 1 heterocycles. The molecule has 6 nitrogen and oxygen atoms in total. The molecule has 0 saturated heterocycles. The first kappa shape index (κ1) is 21.3. The summed E-state index contributed by atoms with van der Waals surface area (Å²) in [5.41, 5.74) is 2.00. The number of alkyl halides is 3. The Balaban J connectivity index is 1.99. The lowest BCUT2D eigenvalue weighted by Crippen LogP contribution is -2.21. The molecule has 4 rings (SSSR count). The molecule has 3 aromatic rings. The van der Waals surface area contributed by atoms with Crippen molar-refractivity contribution in [2.24, 2.45) is 0 Å². The Labute approximate surface area is 190 Å². The van der Waals surface area contributed by atoms with Crippen molar-refractivity contribution in [1.82, 2.24) is 0 Å². The molecular formula is C22H11Cl3O6. The summed E-state index contributed by atoms with van der Waals surface area (Å²) in [6, 6.07) is 12.5. The molecule has 156 valence electrons. The van der Waals surface area contributed by atoms with E-state index in [1.807, 2.05) is 0 Å². The van der Waals surface area contributed by atoms with Gasteiger partial charge < -0.3 is 9.47 Å². The second-order valence-corrected chi connectivity index (χ2v) is 9.20. The molecule has 3 aromatic carbocycles. The third-order valence-electron chi connectivity index (χ3n) is 4.73. The average Bonchev–Trinajstić information content (AvgIpc) is 2.74. The van der Waals surface area contributed by atoms with Gasteiger partial charge >= 0.3 is 17.9 Å². The molecule has 0 unspecified atom stereocenters. The Kier molecular flexibility index (Phi) is 5.47. The Bertz CT molecular complexity index is 1240. The quantitative estimate of drug-likeness (QED) is 0.223. The van der Waals surface area contributed by atoms with E-state index >= 15 is 0 Å². The molecule has 0 amide bonds. The van der Waals surface area contributed by atoms with Crippen molar-refractivity contribution in [3.8, 4) is 11.1 Å². The van der Waals surface area contributed by atoms with Crippen molar-refractivity contribution in [2.75, 3.05) is 6.61 Å². The van der Waals surface area contributed by atoms with Gasteiger partial charge in [0, 0.05) is 16.3 Å². The van der Waals surface area contributed by atoms with Crippen molar-refractivity contribution in [3.63, 3.8) is 0 Å². The maximum atomic E-state index is 12.8. The minimum atomic E-state index is -1.81. The predicted octanol–water partition coefficient (Wildman–Crippen LogP) is 5.16. The molecule has 0 N–H and O–H groups in total. The van der Waals surface area contributed by atoms with Crippen LogP contribution in [0.25, 0.3) is 21.9 Å². The van der Waals surface area contributed by atoms with Gasteiger partial charge in [-0.15, -0.1) is 0 Å². The Hall–Kier alpha value is -2.93. The molecule has 0 saturated carbocycles. The third-order valence-corrected chi connectivity index (χ3v) is 5.06. The summed E-state index contributed by atoms with van der Waals surface area (Å²) in [6.07, 6.45) is 0.704. The lowest BCUT2D eigenvalue weighted by molar-refractivity contribution is 0.0388. The van der Waals surface area contributed by atoms with Crippen molar-refractivity contribution < 1.29 is 28.7 Å². The van der Waals surface area contributed by atoms with Crippen LogP contribution in [0.15, 0.2) is 48.5 Å². The maximum Gasteiger partial charge on any atom is 0.346 e. The largest absolute Gasteiger partial charge is 0.458 e. The highest BCUT2D eigenvalue weighted by Crippen LogP contribution is 2.38. The number of halogens is 3. The van der Waals surface area contributed by atoms with E-state index in [4.69, 9.17) is 44.3 Å². The zero-order valence-electron chi connectivity index (χ0n) is 15.5. The van der Waals surface area contributed by atoms with E-state index in [1.54, 1.807) is 30.3 Å². The summed E-state index contributed by atoms with van der Waals surface area (Å²) in [7, 11) is 0. The van der Waals surface area contributed by atoms with Gasteiger partial charge in [0.15, 0.2) is 0 Å². The molecule has 0 aliphatic carbocycles. The number of esters is 3. The minimum absolute atomic E-state index is 0.0758. The molecule has 9 heteroatoms. The zero-order valence-corrected chi connectivity index (χ0v) is 17.8. The van der Waals surface area contributed by atoms with Gasteiger partial charge in [0.25, 0.3) is 0 Å². The smallest absolute Gasteiger partial charge is 0.346 e. The molecule has 0 spiro atoms. The van der Waals surface area contributed by atoms with E-state index < -0.39 is 28.3 Å². The summed E-state index contributed by atoms with van der Waals surface area (Å²) >= 11 is 17.0. The Morgan fingerprint density at radius 2 is 1.45 bits per heavy atom. The van der Waals surface area contributed by atoms with E-state index in [0.717, 1.165) is 0 Å². The highest BCUT2D eigenvalue weighted by molar-refractivity contribution is 6.67. The second-order valence-electron chi connectivity index (χ2n) is 6.68. The number of carbonyl (C=O) groups is 4. The number of aldehydes is 1. The zero-order chi connectivity index (χ0) is 22.3. The molecule has 1 aliphatic rings. The minimum Gasteiger partial charge on any atom is -0.458 e. The number of rotatable bonds is 4. The van der Waals surface area contributed by atoms with Crippen LogP contribution in [0, 0.1) is 0 Å². The molecule has 0 radical (unpaired) electrons. The van der Waals surface area contributed by atoms with Gasteiger partial charge in [0.1, 0.15) is 12.9 Å². The van der Waals surface area contributed by atoms with Crippen LogP contribution in [0.4, 0.5) is 0 Å². The van der Waals surface area contributed by atoms with E-state index in [9.17, 15) is 19.2 Å². The van der Waals surface area contributed by atoms with Crippen LogP contribution in [-0.2, 0) is 9.47 Å². The molecule has 31 heavy (non-hydrogen) atoms. The summed E-state index contributed by atoms with van der Waals surface area (Å²) in [5, 5.41) is 0.578. The first-order chi connectivity index (χ1) is 14.7. The lowest BCUT2D eigenvalue weighted by atomic mass is 9.88. The number of hydrogen-bond acceptors (Lipinski definition) is 6. The standard InChI is InChI=1S/C22H11Cl3O6/c23-22(24,25)10-30-19(27)14-7-8-16-18-15(20(28)31-21(16)29)6-5-13(17(14)18)12-3-1-11(9-26)2-4-12/h1-9H,10H2. The van der Waals surface area contributed by atoms with Crippen molar-refractivity contribution >= 4 is 69.8 Å². The number of carbonyl (C=O) groups excluding carboxylic acids is 4. The van der Waals surface area contributed by atoms with Gasteiger partial charge in [-0.1, -0.05) is 65.1 Å². The first-order valence-corrected chi connectivity index (χ1v) is 9.98. The van der Waals surface area contributed by atoms with Gasteiger partial charge in [-0.25, -0.2) is 14.4 Å². The van der Waals surface area contributed by atoms with Crippen LogP contribution in [0.3, 0.4) is 0 Å². The first-order valence-electron chi connectivity index (χ1n) is 8.85. The summed E-state index contributed by atoms with van der Waals surface area (Å²) in [5.74, 6) is -2.44. The predicted molar refractivity (Wildman–Crippen MR) is 115 cm³/mol. The maximum absolute atomic E-state index is 12.8. The summed E-state index contributed by atoms with van der Waals surface area (Å²) in [6.45, 7) is -0.496. The lowest BCUT2D eigenvalue weighted by Gasteiger charge is -2.20. The fourth-order valence-electron chi connectivity index (χ4n) is 3.41. The van der Waals surface area contributed by atoms with Crippen LogP contribution in [0.1, 0.15) is 41.4 Å². The van der Waals surface area contributed by atoms with Gasteiger partial charge in [-0.05, 0) is 29.3 Å². The van der Waals surface area contributed by atoms with Crippen LogP contribution < -0.4 is 0 Å².